The summed E-state index contributed by atoms with van der Waals surface area (Å²) >= 11 is 0. The number of rotatable bonds is 7. The van der Waals surface area contributed by atoms with E-state index >= 15 is 0 Å². The molecular weight excluding hydrogens is 387 g/mol. The minimum absolute atomic E-state index is 0.0633. The highest BCUT2D eigenvalue weighted by molar-refractivity contribution is 5.88. The van der Waals surface area contributed by atoms with E-state index in [1.165, 1.54) is 17.7 Å². The highest BCUT2D eigenvalue weighted by Crippen LogP contribution is 2.35. The SMILES string of the molecule is CCc1cccc2c([C@@H](CC(=O)N[C@H](C)c3ccccc3)c3cccc(F)c3)c[nH]c12. The number of fused-ring (bicyclic) bond motifs is 1. The molecule has 1 aromatic heterocycles. The molecule has 0 bridgehead atoms. The first-order valence-corrected chi connectivity index (χ1v) is 10.8. The zero-order valence-corrected chi connectivity index (χ0v) is 17.9. The fourth-order valence-corrected chi connectivity index (χ4v) is 4.26. The summed E-state index contributed by atoms with van der Waals surface area (Å²) in [5.74, 6) is -0.610. The fraction of sp³-hybridized carbons (Fsp3) is 0.222. The first kappa shape index (κ1) is 20.9. The predicted octanol–water partition coefficient (Wildman–Crippen LogP) is 6.27. The number of carbonyl (C=O) groups excluding carboxylic acids is 1. The van der Waals surface area contributed by atoms with Gasteiger partial charge in [0.25, 0.3) is 0 Å². The lowest BCUT2D eigenvalue weighted by atomic mass is 9.87. The molecule has 0 spiro atoms. The minimum Gasteiger partial charge on any atom is -0.361 e. The Kier molecular flexibility index (Phi) is 6.17. The Bertz CT molecular complexity index is 1180. The Morgan fingerprint density at radius 3 is 2.48 bits per heavy atom. The molecule has 0 saturated carbocycles. The molecule has 0 fully saturated rings. The van der Waals surface area contributed by atoms with Crippen molar-refractivity contribution in [2.45, 2.75) is 38.6 Å². The van der Waals surface area contributed by atoms with E-state index in [2.05, 4.69) is 29.4 Å². The van der Waals surface area contributed by atoms with E-state index in [0.717, 1.165) is 34.0 Å². The number of carbonyl (C=O) groups is 1. The number of H-pyrrole nitrogens is 1. The quantitative estimate of drug-likeness (QED) is 0.368. The second-order valence-electron chi connectivity index (χ2n) is 7.95. The van der Waals surface area contributed by atoms with Gasteiger partial charge in [0.2, 0.25) is 5.91 Å². The Labute approximate surface area is 182 Å². The first-order chi connectivity index (χ1) is 15.1. The molecule has 31 heavy (non-hydrogen) atoms. The number of aryl methyl sites for hydroxylation is 1. The van der Waals surface area contributed by atoms with Crippen LogP contribution in [0.5, 0.6) is 0 Å². The van der Waals surface area contributed by atoms with Crippen LogP contribution in [0.2, 0.25) is 0 Å². The Balaban J connectivity index is 1.67. The average molecular weight is 415 g/mol. The molecule has 2 N–H and O–H groups in total. The van der Waals surface area contributed by atoms with E-state index in [4.69, 9.17) is 0 Å². The first-order valence-electron chi connectivity index (χ1n) is 10.8. The minimum atomic E-state index is -0.297. The summed E-state index contributed by atoms with van der Waals surface area (Å²) in [4.78, 5) is 16.4. The molecule has 3 aromatic carbocycles. The van der Waals surface area contributed by atoms with Crippen molar-refractivity contribution in [3.05, 3.63) is 107 Å². The maximum Gasteiger partial charge on any atom is 0.221 e. The second-order valence-corrected chi connectivity index (χ2v) is 7.95. The molecule has 0 unspecified atom stereocenters. The van der Waals surface area contributed by atoms with E-state index in [1.807, 2.05) is 55.6 Å². The van der Waals surface area contributed by atoms with Gasteiger partial charge in [-0.25, -0.2) is 4.39 Å². The summed E-state index contributed by atoms with van der Waals surface area (Å²) in [5, 5.41) is 4.18. The van der Waals surface area contributed by atoms with Crippen LogP contribution >= 0.6 is 0 Å². The molecule has 0 aliphatic carbocycles. The summed E-state index contributed by atoms with van der Waals surface area (Å²) in [7, 11) is 0. The van der Waals surface area contributed by atoms with Gasteiger partial charge in [-0.1, -0.05) is 67.6 Å². The molecular formula is C27H27FN2O. The molecule has 158 valence electrons. The molecule has 0 saturated heterocycles. The standard InChI is InChI=1S/C27H27FN2O/c1-3-19-11-8-14-23-25(17-29-27(19)23)24(21-12-7-13-22(28)15-21)16-26(31)30-18(2)20-9-5-4-6-10-20/h4-15,17-18,24,29H,3,16H2,1-2H3,(H,30,31)/t18-,24+/m1/s1. The number of aromatic nitrogens is 1. The smallest absolute Gasteiger partial charge is 0.221 e. The van der Waals surface area contributed by atoms with Crippen LogP contribution < -0.4 is 5.32 Å². The average Bonchev–Trinajstić information content (AvgIpc) is 3.22. The van der Waals surface area contributed by atoms with E-state index in [9.17, 15) is 9.18 Å². The lowest BCUT2D eigenvalue weighted by Crippen LogP contribution is -2.28. The summed E-state index contributed by atoms with van der Waals surface area (Å²) in [6.07, 6.45) is 3.12. The van der Waals surface area contributed by atoms with Gasteiger partial charge >= 0.3 is 0 Å². The van der Waals surface area contributed by atoms with Crippen LogP contribution in [-0.4, -0.2) is 10.9 Å². The molecule has 0 radical (unpaired) electrons. The van der Waals surface area contributed by atoms with Gasteiger partial charge in [-0.05, 0) is 47.7 Å². The van der Waals surface area contributed by atoms with Crippen molar-refractivity contribution in [2.75, 3.05) is 0 Å². The Morgan fingerprint density at radius 2 is 1.74 bits per heavy atom. The van der Waals surface area contributed by atoms with Crippen LogP contribution in [0.15, 0.2) is 79.0 Å². The number of amides is 1. The van der Waals surface area contributed by atoms with Crippen molar-refractivity contribution in [3.63, 3.8) is 0 Å². The zero-order valence-electron chi connectivity index (χ0n) is 17.9. The zero-order chi connectivity index (χ0) is 21.8. The van der Waals surface area contributed by atoms with Crippen LogP contribution in [0, 0.1) is 5.82 Å². The molecule has 2 atom stereocenters. The van der Waals surface area contributed by atoms with Crippen molar-refractivity contribution in [1.82, 2.24) is 10.3 Å². The molecule has 1 amide bonds. The van der Waals surface area contributed by atoms with Crippen LogP contribution in [-0.2, 0) is 11.2 Å². The number of nitrogens with one attached hydrogen (secondary N) is 2. The van der Waals surface area contributed by atoms with Crippen molar-refractivity contribution in [2.24, 2.45) is 0 Å². The molecule has 4 rings (SSSR count). The number of aromatic amines is 1. The maximum absolute atomic E-state index is 14.1. The summed E-state index contributed by atoms with van der Waals surface area (Å²) < 4.78 is 14.1. The van der Waals surface area contributed by atoms with E-state index in [-0.39, 0.29) is 30.1 Å². The number of hydrogen-bond acceptors (Lipinski definition) is 1. The lowest BCUT2D eigenvalue weighted by Gasteiger charge is -2.20. The lowest BCUT2D eigenvalue weighted by molar-refractivity contribution is -0.121. The van der Waals surface area contributed by atoms with Crippen LogP contribution in [0.4, 0.5) is 4.39 Å². The van der Waals surface area contributed by atoms with Gasteiger partial charge in [-0.3, -0.25) is 4.79 Å². The van der Waals surface area contributed by atoms with Crippen molar-refractivity contribution >= 4 is 16.8 Å². The van der Waals surface area contributed by atoms with Gasteiger partial charge in [-0.2, -0.15) is 0 Å². The number of para-hydroxylation sites is 1. The maximum atomic E-state index is 14.1. The molecule has 1 heterocycles. The number of halogens is 1. The molecule has 4 aromatic rings. The molecule has 4 heteroatoms. The third-order valence-corrected chi connectivity index (χ3v) is 5.91. The van der Waals surface area contributed by atoms with Crippen molar-refractivity contribution < 1.29 is 9.18 Å². The molecule has 0 aliphatic rings. The van der Waals surface area contributed by atoms with Crippen molar-refractivity contribution in [3.8, 4) is 0 Å². The summed E-state index contributed by atoms with van der Waals surface area (Å²) in [6, 6.07) is 22.6. The van der Waals surface area contributed by atoms with Gasteiger partial charge in [0.1, 0.15) is 5.82 Å². The van der Waals surface area contributed by atoms with Crippen LogP contribution in [0.25, 0.3) is 10.9 Å². The van der Waals surface area contributed by atoms with E-state index in [1.54, 1.807) is 6.07 Å². The normalized spacial score (nSPS) is 13.1. The van der Waals surface area contributed by atoms with Gasteiger partial charge in [0.05, 0.1) is 6.04 Å². The van der Waals surface area contributed by atoms with E-state index < -0.39 is 0 Å². The second kappa shape index (κ2) is 9.17. The topological polar surface area (TPSA) is 44.9 Å². The van der Waals surface area contributed by atoms with Gasteiger partial charge in [0, 0.05) is 29.4 Å². The summed E-state index contributed by atoms with van der Waals surface area (Å²) in [5.41, 5.74) is 5.17. The fourth-order valence-electron chi connectivity index (χ4n) is 4.26. The number of hydrogen-bond donors (Lipinski definition) is 2. The monoisotopic (exact) mass is 414 g/mol. The van der Waals surface area contributed by atoms with Gasteiger partial charge in [0.15, 0.2) is 0 Å². The van der Waals surface area contributed by atoms with Crippen LogP contribution in [0.3, 0.4) is 0 Å². The van der Waals surface area contributed by atoms with E-state index in [0.29, 0.717) is 0 Å². The largest absolute Gasteiger partial charge is 0.361 e. The third kappa shape index (κ3) is 4.53. The predicted molar refractivity (Wildman–Crippen MR) is 124 cm³/mol. The van der Waals surface area contributed by atoms with Gasteiger partial charge < -0.3 is 10.3 Å². The van der Waals surface area contributed by atoms with Crippen LogP contribution in [0.1, 0.15) is 54.5 Å². The molecule has 3 nitrogen and oxygen atoms in total. The van der Waals surface area contributed by atoms with Gasteiger partial charge in [-0.15, -0.1) is 0 Å². The third-order valence-electron chi connectivity index (χ3n) is 5.91. The highest BCUT2D eigenvalue weighted by Gasteiger charge is 2.23. The summed E-state index contributed by atoms with van der Waals surface area (Å²) in [6.45, 7) is 4.10. The molecule has 0 aliphatic heterocycles. The number of benzene rings is 3. The Hall–Kier alpha value is -3.40. The Morgan fingerprint density at radius 1 is 1.00 bits per heavy atom. The highest BCUT2D eigenvalue weighted by atomic mass is 19.1. The van der Waals surface area contributed by atoms with Crippen molar-refractivity contribution in [1.29, 1.82) is 0 Å².